The van der Waals surface area contributed by atoms with Crippen molar-refractivity contribution in [2.45, 2.75) is 19.9 Å². The summed E-state index contributed by atoms with van der Waals surface area (Å²) in [6.07, 6.45) is 2.97. The Bertz CT molecular complexity index is 1660. The maximum atomic E-state index is 13.4. The number of methoxy groups -OCH3 is 2. The van der Waals surface area contributed by atoms with E-state index >= 15 is 0 Å². The Morgan fingerprint density at radius 1 is 1.11 bits per heavy atom. The Morgan fingerprint density at radius 2 is 1.84 bits per heavy atom. The normalized spacial score (nSPS) is 10.3. The van der Waals surface area contributed by atoms with E-state index in [1.54, 1.807) is 34.9 Å². The Morgan fingerprint density at radius 3 is 2.47 bits per heavy atom. The molecule has 4 aromatic rings. The van der Waals surface area contributed by atoms with Gasteiger partial charge in [-0.3, -0.25) is 4.79 Å². The number of carboxylic acids is 1. The van der Waals surface area contributed by atoms with Gasteiger partial charge in [0.2, 0.25) is 11.4 Å². The van der Waals surface area contributed by atoms with Crippen LogP contribution in [0.5, 0.6) is 11.5 Å². The zero-order chi connectivity index (χ0) is 26.7. The molecule has 0 saturated heterocycles. The fourth-order valence-electron chi connectivity index (χ4n) is 4.14. The number of nitrogens with zero attached hydrogens (tertiary/aromatic N) is 3. The molecule has 2 aromatic carbocycles. The van der Waals surface area contributed by atoms with Crippen molar-refractivity contribution < 1.29 is 19.4 Å². The summed E-state index contributed by atoms with van der Waals surface area (Å²) in [5, 5.41) is 9.95. The minimum Gasteiger partial charge on any atom is -0.493 e. The number of rotatable bonds is 6. The smallest absolute Gasteiger partial charge is 0.341 e. The van der Waals surface area contributed by atoms with Crippen LogP contribution >= 0.6 is 12.4 Å². The first-order chi connectivity index (χ1) is 17.8. The highest BCUT2D eigenvalue weighted by Gasteiger charge is 2.20. The van der Waals surface area contributed by atoms with E-state index in [2.05, 4.69) is 21.8 Å². The molecule has 0 fully saturated rings. The summed E-state index contributed by atoms with van der Waals surface area (Å²) in [5.74, 6) is 6.07. The summed E-state index contributed by atoms with van der Waals surface area (Å²) in [6, 6.07) is 8.88. The fourth-order valence-corrected chi connectivity index (χ4v) is 4.14. The van der Waals surface area contributed by atoms with E-state index in [1.165, 1.54) is 26.6 Å². The highest BCUT2D eigenvalue weighted by molar-refractivity contribution is 5.94. The molecule has 38 heavy (non-hydrogen) atoms. The minimum absolute atomic E-state index is 0. The Labute approximate surface area is 224 Å². The molecule has 0 radical (unpaired) electrons. The second-order valence-corrected chi connectivity index (χ2v) is 8.06. The fraction of sp³-hybridized carbons (Fsp3) is 0.185. The highest BCUT2D eigenvalue weighted by Crippen LogP contribution is 2.30. The maximum absolute atomic E-state index is 13.4. The van der Waals surface area contributed by atoms with Crippen LogP contribution in [0.15, 0.2) is 47.5 Å². The summed E-state index contributed by atoms with van der Waals surface area (Å²) in [4.78, 5) is 33.4. The molecular formula is C27H26ClN5O5. The largest absolute Gasteiger partial charge is 0.493 e. The van der Waals surface area contributed by atoms with Crippen molar-refractivity contribution >= 4 is 41.0 Å². The van der Waals surface area contributed by atoms with Gasteiger partial charge in [-0.1, -0.05) is 17.9 Å². The average molecular weight is 536 g/mol. The molecule has 0 bridgehead atoms. The number of fused-ring (bicyclic) bond motifs is 1. The van der Waals surface area contributed by atoms with Crippen LogP contribution < -0.4 is 26.4 Å². The molecule has 0 amide bonds. The van der Waals surface area contributed by atoms with E-state index in [1.807, 2.05) is 6.92 Å². The van der Waals surface area contributed by atoms with Crippen LogP contribution in [0.4, 0.5) is 11.8 Å². The zero-order valence-corrected chi connectivity index (χ0v) is 21.8. The van der Waals surface area contributed by atoms with Gasteiger partial charge in [-0.25, -0.2) is 9.78 Å². The Kier molecular flexibility index (Phi) is 8.45. The molecule has 4 rings (SSSR count). The van der Waals surface area contributed by atoms with E-state index in [0.717, 1.165) is 0 Å². The minimum atomic E-state index is -1.31. The Balaban J connectivity index is 0.00000400. The maximum Gasteiger partial charge on any atom is 0.341 e. The number of aromatic carboxylic acids is 1. The van der Waals surface area contributed by atoms with Crippen LogP contribution in [0.3, 0.4) is 0 Å². The number of nitrogen functional groups attached to an aromatic ring is 2. The summed E-state index contributed by atoms with van der Waals surface area (Å²) in [6.45, 7) is 2.32. The lowest BCUT2D eigenvalue weighted by Crippen LogP contribution is -2.20. The van der Waals surface area contributed by atoms with Crippen LogP contribution in [0.25, 0.3) is 10.9 Å². The third-order valence-electron chi connectivity index (χ3n) is 5.95. The number of pyridine rings is 1. The van der Waals surface area contributed by atoms with Crippen LogP contribution in [0, 0.1) is 11.8 Å². The second-order valence-electron chi connectivity index (χ2n) is 8.06. The molecule has 2 aromatic heterocycles. The Hall–Kier alpha value is -4.75. The third-order valence-corrected chi connectivity index (χ3v) is 5.95. The highest BCUT2D eigenvalue weighted by atomic mass is 35.5. The average Bonchev–Trinajstić information content (AvgIpc) is 2.89. The number of halogens is 1. The van der Waals surface area contributed by atoms with E-state index in [4.69, 9.17) is 20.9 Å². The molecule has 5 N–H and O–H groups in total. The number of nitrogens with two attached hydrogens (primary N) is 2. The van der Waals surface area contributed by atoms with Gasteiger partial charge in [-0.05, 0) is 36.8 Å². The van der Waals surface area contributed by atoms with Crippen LogP contribution in [0.1, 0.15) is 39.5 Å². The molecule has 0 aliphatic carbocycles. The molecule has 11 heteroatoms. The summed E-state index contributed by atoms with van der Waals surface area (Å²) >= 11 is 0. The van der Waals surface area contributed by atoms with Crippen molar-refractivity contribution in [3.63, 3.8) is 0 Å². The lowest BCUT2D eigenvalue weighted by Gasteiger charge is -2.15. The molecule has 0 atom stereocenters. The number of hydrogen-bond acceptors (Lipinski definition) is 8. The van der Waals surface area contributed by atoms with Gasteiger partial charge in [0, 0.05) is 36.5 Å². The standard InChI is InChI=1S/C27H25N5O5.ClH/c1-4-32-14-19(26(34)35)23(33)22-18(12-17-13-30-27(29)31-25(17)28)15(10-11-20(22)32)8-9-16-6-5-7-21(36-2)24(16)37-3;/h5-7,10-11,13-14H,4,12H2,1-3H3,(H,34,35)(H4,28,29,30,31);1H. The van der Waals surface area contributed by atoms with Gasteiger partial charge in [0.05, 0.1) is 30.7 Å². The number of aryl methyl sites for hydroxylation is 1. The van der Waals surface area contributed by atoms with Crippen molar-refractivity contribution in [3.05, 3.63) is 80.8 Å². The first kappa shape index (κ1) is 27.8. The predicted octanol–water partition coefficient (Wildman–Crippen LogP) is 3.10. The second kappa shape index (κ2) is 11.5. The van der Waals surface area contributed by atoms with Gasteiger partial charge in [-0.2, -0.15) is 4.98 Å². The lowest BCUT2D eigenvalue weighted by atomic mass is 9.94. The van der Waals surface area contributed by atoms with E-state index in [9.17, 15) is 14.7 Å². The van der Waals surface area contributed by atoms with Gasteiger partial charge in [0.1, 0.15) is 11.4 Å². The number of ether oxygens (including phenoxy) is 2. The van der Waals surface area contributed by atoms with Crippen LogP contribution in [0.2, 0.25) is 0 Å². The molecule has 10 nitrogen and oxygen atoms in total. The summed E-state index contributed by atoms with van der Waals surface area (Å²) < 4.78 is 12.6. The van der Waals surface area contributed by atoms with Gasteiger partial charge in [0.15, 0.2) is 11.5 Å². The number of benzene rings is 2. The van der Waals surface area contributed by atoms with Crippen LogP contribution in [-0.4, -0.2) is 39.8 Å². The zero-order valence-electron chi connectivity index (χ0n) is 20.9. The van der Waals surface area contributed by atoms with Crippen molar-refractivity contribution in [2.75, 3.05) is 25.7 Å². The quantitative estimate of drug-likeness (QED) is 0.316. The van der Waals surface area contributed by atoms with E-state index in [0.29, 0.717) is 45.8 Å². The molecule has 0 saturated carbocycles. The van der Waals surface area contributed by atoms with Crippen molar-refractivity contribution in [1.29, 1.82) is 0 Å². The summed E-state index contributed by atoms with van der Waals surface area (Å²) in [7, 11) is 3.06. The van der Waals surface area contributed by atoms with Gasteiger partial charge < -0.3 is 30.6 Å². The topological polar surface area (TPSA) is 156 Å². The number of anilines is 2. The van der Waals surface area contributed by atoms with E-state index < -0.39 is 11.4 Å². The number of aromatic nitrogens is 3. The first-order valence-electron chi connectivity index (χ1n) is 11.3. The number of para-hydroxylation sites is 1. The molecule has 0 unspecified atom stereocenters. The van der Waals surface area contributed by atoms with Crippen LogP contribution in [-0.2, 0) is 13.0 Å². The SMILES string of the molecule is CCn1cc(C(=O)O)c(=O)c2c(Cc3cnc(N)nc3N)c(C#Cc3cccc(OC)c3OC)ccc21.Cl. The van der Waals surface area contributed by atoms with Crippen molar-refractivity contribution in [1.82, 2.24) is 14.5 Å². The van der Waals surface area contributed by atoms with E-state index in [-0.39, 0.29) is 41.5 Å². The number of carboxylic acid groups (broad SMARTS) is 1. The first-order valence-corrected chi connectivity index (χ1v) is 11.3. The van der Waals surface area contributed by atoms with Gasteiger partial charge in [0.25, 0.3) is 0 Å². The summed E-state index contributed by atoms with van der Waals surface area (Å²) in [5.41, 5.74) is 13.5. The predicted molar refractivity (Wildman–Crippen MR) is 147 cm³/mol. The van der Waals surface area contributed by atoms with Crippen molar-refractivity contribution in [2.24, 2.45) is 0 Å². The van der Waals surface area contributed by atoms with Gasteiger partial charge in [-0.15, -0.1) is 12.4 Å². The molecular weight excluding hydrogens is 510 g/mol. The lowest BCUT2D eigenvalue weighted by molar-refractivity contribution is 0.0695. The number of hydrogen-bond donors (Lipinski definition) is 3. The third kappa shape index (κ3) is 5.19. The molecule has 196 valence electrons. The molecule has 0 spiro atoms. The van der Waals surface area contributed by atoms with Gasteiger partial charge >= 0.3 is 5.97 Å². The monoisotopic (exact) mass is 535 g/mol. The molecule has 0 aliphatic rings. The molecule has 2 heterocycles. The van der Waals surface area contributed by atoms with Crippen molar-refractivity contribution in [3.8, 4) is 23.3 Å². The molecule has 0 aliphatic heterocycles. The number of carbonyl (C=O) groups is 1.